The van der Waals surface area contributed by atoms with Crippen molar-refractivity contribution in [2.24, 2.45) is 0 Å². The smallest absolute Gasteiger partial charge is 0.139 e. The van der Waals surface area contributed by atoms with Gasteiger partial charge in [0, 0.05) is 36.9 Å². The number of hydrogen-bond donors (Lipinski definition) is 0. The summed E-state index contributed by atoms with van der Waals surface area (Å²) in [5.41, 5.74) is 1.05. The van der Waals surface area contributed by atoms with Crippen molar-refractivity contribution in [1.29, 1.82) is 0 Å². The SMILES string of the molecule is CN(C)CCn1ccc2c[c]cnc21. The average Bonchev–Trinajstić information content (AvgIpc) is 2.58. The van der Waals surface area contributed by atoms with E-state index in [4.69, 9.17) is 0 Å². The molecule has 14 heavy (non-hydrogen) atoms. The van der Waals surface area contributed by atoms with Gasteiger partial charge in [0.15, 0.2) is 0 Å². The Morgan fingerprint density at radius 1 is 1.50 bits per heavy atom. The van der Waals surface area contributed by atoms with E-state index in [1.165, 1.54) is 0 Å². The highest BCUT2D eigenvalue weighted by molar-refractivity contribution is 5.75. The number of aromatic nitrogens is 2. The van der Waals surface area contributed by atoms with Crippen molar-refractivity contribution < 1.29 is 0 Å². The van der Waals surface area contributed by atoms with E-state index in [0.29, 0.717) is 0 Å². The van der Waals surface area contributed by atoms with Gasteiger partial charge in [0.2, 0.25) is 0 Å². The molecule has 0 unspecified atom stereocenters. The monoisotopic (exact) mass is 188 g/mol. The lowest BCUT2D eigenvalue weighted by Crippen LogP contribution is -2.18. The maximum absolute atomic E-state index is 4.31. The van der Waals surface area contributed by atoms with Crippen LogP contribution >= 0.6 is 0 Å². The molecule has 73 valence electrons. The Labute approximate surface area is 84.0 Å². The van der Waals surface area contributed by atoms with E-state index in [1.807, 2.05) is 6.07 Å². The number of pyridine rings is 1. The number of fused-ring (bicyclic) bond motifs is 1. The van der Waals surface area contributed by atoms with Gasteiger partial charge in [-0.05, 0) is 26.2 Å². The maximum atomic E-state index is 4.31. The molecule has 3 heteroatoms. The molecule has 0 spiro atoms. The fourth-order valence-corrected chi connectivity index (χ4v) is 1.46. The molecule has 0 aliphatic carbocycles. The highest BCUT2D eigenvalue weighted by Crippen LogP contribution is 2.11. The minimum Gasteiger partial charge on any atom is -0.331 e. The van der Waals surface area contributed by atoms with Crippen molar-refractivity contribution in [2.45, 2.75) is 6.54 Å². The minimum absolute atomic E-state index is 0.980. The summed E-state index contributed by atoms with van der Waals surface area (Å²) in [7, 11) is 4.15. The van der Waals surface area contributed by atoms with Gasteiger partial charge in [-0.15, -0.1) is 0 Å². The van der Waals surface area contributed by atoms with E-state index in [2.05, 4.69) is 46.9 Å². The van der Waals surface area contributed by atoms with E-state index < -0.39 is 0 Å². The highest BCUT2D eigenvalue weighted by Gasteiger charge is 2.00. The fraction of sp³-hybridized carbons (Fsp3) is 0.364. The van der Waals surface area contributed by atoms with Gasteiger partial charge in [-0.3, -0.25) is 0 Å². The van der Waals surface area contributed by atoms with Crippen molar-refractivity contribution in [3.63, 3.8) is 0 Å². The molecule has 0 bridgehead atoms. The molecule has 2 aromatic rings. The lowest BCUT2D eigenvalue weighted by molar-refractivity contribution is 0.386. The first-order valence-corrected chi connectivity index (χ1v) is 4.73. The molecule has 0 amide bonds. The molecule has 0 aromatic carbocycles. The van der Waals surface area contributed by atoms with Crippen LogP contribution in [0, 0.1) is 6.07 Å². The van der Waals surface area contributed by atoms with E-state index in [-0.39, 0.29) is 0 Å². The number of nitrogens with zero attached hydrogens (tertiary/aromatic N) is 3. The van der Waals surface area contributed by atoms with Crippen LogP contribution in [0.25, 0.3) is 11.0 Å². The summed E-state index contributed by atoms with van der Waals surface area (Å²) in [5, 5.41) is 1.16. The van der Waals surface area contributed by atoms with Crippen molar-refractivity contribution in [2.75, 3.05) is 20.6 Å². The molecule has 1 radical (unpaired) electrons. The molecule has 0 aliphatic heterocycles. The van der Waals surface area contributed by atoms with Gasteiger partial charge in [-0.25, -0.2) is 4.98 Å². The molecular formula is C11H14N3. The standard InChI is InChI=1S/C11H14N3/c1-13(2)8-9-14-7-5-10-4-3-6-12-11(10)14/h4-7H,8-9H2,1-2H3. The van der Waals surface area contributed by atoms with Crippen LogP contribution in [0.2, 0.25) is 0 Å². The fourth-order valence-electron chi connectivity index (χ4n) is 1.46. The number of hydrogen-bond acceptors (Lipinski definition) is 2. The van der Waals surface area contributed by atoms with Crippen LogP contribution in [-0.2, 0) is 6.54 Å². The van der Waals surface area contributed by atoms with Crippen LogP contribution in [0.5, 0.6) is 0 Å². The molecule has 0 fully saturated rings. The quantitative estimate of drug-likeness (QED) is 0.726. The van der Waals surface area contributed by atoms with Gasteiger partial charge in [0.1, 0.15) is 5.65 Å². The molecule has 0 N–H and O–H groups in total. The Morgan fingerprint density at radius 2 is 2.36 bits per heavy atom. The summed E-state index contributed by atoms with van der Waals surface area (Å²) in [6, 6.07) is 7.02. The van der Waals surface area contributed by atoms with E-state index in [9.17, 15) is 0 Å². The topological polar surface area (TPSA) is 21.1 Å². The lowest BCUT2D eigenvalue weighted by atomic mass is 10.3. The minimum atomic E-state index is 0.980. The first kappa shape index (κ1) is 9.21. The van der Waals surface area contributed by atoms with Crippen LogP contribution in [0.3, 0.4) is 0 Å². The van der Waals surface area contributed by atoms with Crippen LogP contribution in [0.4, 0.5) is 0 Å². The zero-order valence-corrected chi connectivity index (χ0v) is 8.57. The van der Waals surface area contributed by atoms with Crippen molar-refractivity contribution in [3.8, 4) is 0 Å². The molecule has 0 aliphatic rings. The Hall–Kier alpha value is -1.35. The van der Waals surface area contributed by atoms with Crippen LogP contribution in [-0.4, -0.2) is 35.1 Å². The van der Waals surface area contributed by atoms with Gasteiger partial charge in [0.05, 0.1) is 0 Å². The largest absolute Gasteiger partial charge is 0.331 e. The van der Waals surface area contributed by atoms with E-state index in [0.717, 1.165) is 24.1 Å². The summed E-state index contributed by atoms with van der Waals surface area (Å²) >= 11 is 0. The Balaban J connectivity index is 2.25. The molecular weight excluding hydrogens is 174 g/mol. The number of rotatable bonds is 3. The van der Waals surface area contributed by atoms with Gasteiger partial charge >= 0.3 is 0 Å². The predicted molar refractivity (Wildman–Crippen MR) is 57.1 cm³/mol. The van der Waals surface area contributed by atoms with Gasteiger partial charge < -0.3 is 9.47 Å². The molecule has 3 nitrogen and oxygen atoms in total. The zero-order valence-electron chi connectivity index (χ0n) is 8.57. The second-order valence-electron chi connectivity index (χ2n) is 3.66. The van der Waals surface area contributed by atoms with Crippen LogP contribution < -0.4 is 0 Å². The molecule has 0 saturated heterocycles. The van der Waals surface area contributed by atoms with Crippen molar-refractivity contribution >= 4 is 11.0 Å². The zero-order chi connectivity index (χ0) is 9.97. The Bertz CT molecular complexity index is 417. The van der Waals surface area contributed by atoms with Gasteiger partial charge in [0.25, 0.3) is 0 Å². The average molecular weight is 188 g/mol. The molecule has 2 rings (SSSR count). The third kappa shape index (κ3) is 1.77. The summed E-state index contributed by atoms with van der Waals surface area (Å²) in [6.07, 6.45) is 3.80. The lowest BCUT2D eigenvalue weighted by Gasteiger charge is -2.10. The third-order valence-corrected chi connectivity index (χ3v) is 2.25. The predicted octanol–water partition coefficient (Wildman–Crippen LogP) is 1.40. The van der Waals surface area contributed by atoms with Crippen molar-refractivity contribution in [3.05, 3.63) is 30.6 Å². The number of likely N-dealkylation sites (N-methyl/N-ethyl adjacent to an activating group) is 1. The van der Waals surface area contributed by atoms with E-state index >= 15 is 0 Å². The van der Waals surface area contributed by atoms with E-state index in [1.54, 1.807) is 6.20 Å². The first-order chi connectivity index (χ1) is 6.77. The molecule has 0 atom stereocenters. The maximum Gasteiger partial charge on any atom is 0.139 e. The second-order valence-corrected chi connectivity index (χ2v) is 3.66. The van der Waals surface area contributed by atoms with Gasteiger partial charge in [-0.1, -0.05) is 0 Å². The highest BCUT2D eigenvalue weighted by atomic mass is 15.1. The van der Waals surface area contributed by atoms with Crippen LogP contribution in [0.15, 0.2) is 24.5 Å². The Kier molecular flexibility index (Phi) is 2.50. The summed E-state index contributed by atoms with van der Waals surface area (Å²) < 4.78 is 2.17. The summed E-state index contributed by atoms with van der Waals surface area (Å²) in [4.78, 5) is 6.48. The summed E-state index contributed by atoms with van der Waals surface area (Å²) in [5.74, 6) is 0. The van der Waals surface area contributed by atoms with Crippen LogP contribution in [0.1, 0.15) is 0 Å². The second kappa shape index (κ2) is 3.80. The molecule has 0 saturated carbocycles. The normalized spacial score (nSPS) is 11.4. The molecule has 2 aromatic heterocycles. The third-order valence-electron chi connectivity index (χ3n) is 2.25. The Morgan fingerprint density at radius 3 is 3.14 bits per heavy atom. The van der Waals surface area contributed by atoms with Crippen molar-refractivity contribution in [1.82, 2.24) is 14.5 Å². The van der Waals surface area contributed by atoms with Gasteiger partial charge in [-0.2, -0.15) is 0 Å². The summed E-state index contributed by atoms with van der Waals surface area (Å²) in [6.45, 7) is 2.01. The molecule has 2 heterocycles. The first-order valence-electron chi connectivity index (χ1n) is 4.73.